The zero-order valence-electron chi connectivity index (χ0n) is 8.27. The van der Waals surface area contributed by atoms with E-state index in [0.717, 1.165) is 6.07 Å². The normalized spacial score (nSPS) is 12.1. The molecule has 1 aromatic heterocycles. The Morgan fingerprint density at radius 1 is 1.25 bits per heavy atom. The first-order chi connectivity index (χ1) is 7.39. The molecule has 0 saturated carbocycles. The predicted octanol–water partition coefficient (Wildman–Crippen LogP) is 4.22. The van der Waals surface area contributed by atoms with Gasteiger partial charge in [-0.2, -0.15) is 13.2 Å². The summed E-state index contributed by atoms with van der Waals surface area (Å²) < 4.78 is 38.1. The van der Waals surface area contributed by atoms with Crippen LogP contribution in [-0.4, -0.2) is 4.98 Å². The molecular formula is C11H7ClF3N. The minimum absolute atomic E-state index is 0.0396. The number of fused-ring (bicyclic) bond motifs is 1. The minimum atomic E-state index is -4.42. The van der Waals surface area contributed by atoms with Crippen LogP contribution in [0, 0.1) is 6.92 Å². The van der Waals surface area contributed by atoms with Crippen LogP contribution in [0.3, 0.4) is 0 Å². The number of pyridine rings is 1. The van der Waals surface area contributed by atoms with Crippen LogP contribution in [0.4, 0.5) is 13.2 Å². The SMILES string of the molecule is Cc1cc2cccc(C(F)(F)F)c2c(Cl)n1. The van der Waals surface area contributed by atoms with Gasteiger partial charge >= 0.3 is 6.18 Å². The molecule has 1 nitrogen and oxygen atoms in total. The maximum absolute atomic E-state index is 12.7. The summed E-state index contributed by atoms with van der Waals surface area (Å²) in [7, 11) is 0. The Hall–Kier alpha value is -1.29. The van der Waals surface area contributed by atoms with Crippen molar-refractivity contribution in [3.8, 4) is 0 Å². The molecular weight excluding hydrogens is 239 g/mol. The Kier molecular flexibility index (Phi) is 2.54. The van der Waals surface area contributed by atoms with Crippen LogP contribution >= 0.6 is 11.6 Å². The molecule has 0 atom stereocenters. The van der Waals surface area contributed by atoms with Gasteiger partial charge in [0, 0.05) is 11.1 Å². The van der Waals surface area contributed by atoms with Crippen molar-refractivity contribution in [1.82, 2.24) is 4.98 Å². The first-order valence-corrected chi connectivity index (χ1v) is 4.90. The van der Waals surface area contributed by atoms with Gasteiger partial charge in [0.15, 0.2) is 0 Å². The Balaban J connectivity index is 2.87. The predicted molar refractivity (Wildman–Crippen MR) is 56.5 cm³/mol. The van der Waals surface area contributed by atoms with Crippen LogP contribution in [0.1, 0.15) is 11.3 Å². The van der Waals surface area contributed by atoms with Crippen LogP contribution in [0.15, 0.2) is 24.3 Å². The van der Waals surface area contributed by atoms with Crippen LogP contribution < -0.4 is 0 Å². The molecule has 0 N–H and O–H groups in total. The Morgan fingerprint density at radius 3 is 2.56 bits per heavy atom. The van der Waals surface area contributed by atoms with Crippen molar-refractivity contribution in [2.24, 2.45) is 0 Å². The lowest BCUT2D eigenvalue weighted by molar-refractivity contribution is -0.136. The summed E-state index contributed by atoms with van der Waals surface area (Å²) in [6.07, 6.45) is -4.42. The minimum Gasteiger partial charge on any atom is -0.241 e. The highest BCUT2D eigenvalue weighted by Gasteiger charge is 2.33. The van der Waals surface area contributed by atoms with Crippen molar-refractivity contribution in [2.75, 3.05) is 0 Å². The van der Waals surface area contributed by atoms with E-state index in [-0.39, 0.29) is 10.5 Å². The molecule has 0 aliphatic rings. The van der Waals surface area contributed by atoms with Crippen LogP contribution in [0.2, 0.25) is 5.15 Å². The standard InChI is InChI=1S/C11H7ClF3N/c1-6-5-7-3-2-4-8(11(13,14)15)9(7)10(12)16-6/h2-5H,1H3. The van der Waals surface area contributed by atoms with E-state index >= 15 is 0 Å². The van der Waals surface area contributed by atoms with Crippen molar-refractivity contribution in [3.63, 3.8) is 0 Å². The average Bonchev–Trinajstić information content (AvgIpc) is 2.14. The summed E-state index contributed by atoms with van der Waals surface area (Å²) in [6, 6.07) is 5.54. The van der Waals surface area contributed by atoms with Crippen molar-refractivity contribution in [3.05, 3.63) is 40.7 Å². The van der Waals surface area contributed by atoms with Gasteiger partial charge in [0.2, 0.25) is 0 Å². The first-order valence-electron chi connectivity index (χ1n) is 4.52. The molecule has 0 spiro atoms. The van der Waals surface area contributed by atoms with Gasteiger partial charge < -0.3 is 0 Å². The number of hydrogen-bond acceptors (Lipinski definition) is 1. The van der Waals surface area contributed by atoms with Crippen molar-refractivity contribution >= 4 is 22.4 Å². The fourth-order valence-electron chi connectivity index (χ4n) is 1.62. The summed E-state index contributed by atoms with van der Waals surface area (Å²) in [6.45, 7) is 1.69. The third-order valence-corrected chi connectivity index (χ3v) is 2.52. The maximum Gasteiger partial charge on any atom is 0.417 e. The highest BCUT2D eigenvalue weighted by molar-refractivity contribution is 6.34. The summed E-state index contributed by atoms with van der Waals surface area (Å²) in [4.78, 5) is 3.84. The average molecular weight is 246 g/mol. The van der Waals surface area contributed by atoms with E-state index in [0.29, 0.717) is 11.1 Å². The Labute approximate surface area is 94.9 Å². The van der Waals surface area contributed by atoms with Crippen LogP contribution in [0.5, 0.6) is 0 Å². The molecule has 2 aromatic rings. The van der Waals surface area contributed by atoms with Crippen LogP contribution in [-0.2, 0) is 6.18 Å². The maximum atomic E-state index is 12.7. The fourth-order valence-corrected chi connectivity index (χ4v) is 1.97. The quantitative estimate of drug-likeness (QED) is 0.634. The lowest BCUT2D eigenvalue weighted by atomic mass is 10.1. The molecule has 0 amide bonds. The molecule has 16 heavy (non-hydrogen) atoms. The second kappa shape index (κ2) is 3.63. The number of rotatable bonds is 0. The summed E-state index contributed by atoms with van der Waals surface area (Å²) in [5.74, 6) is 0. The molecule has 0 fully saturated rings. The van der Waals surface area contributed by atoms with Gasteiger partial charge in [-0.1, -0.05) is 23.7 Å². The number of hydrogen-bond donors (Lipinski definition) is 0. The third-order valence-electron chi connectivity index (χ3n) is 2.25. The molecule has 1 aromatic carbocycles. The number of benzene rings is 1. The molecule has 0 aliphatic heterocycles. The zero-order chi connectivity index (χ0) is 11.9. The second-order valence-corrected chi connectivity index (χ2v) is 3.81. The number of alkyl halides is 3. The second-order valence-electron chi connectivity index (χ2n) is 3.46. The first kappa shape index (κ1) is 11.2. The van der Waals surface area contributed by atoms with Crippen LogP contribution in [0.25, 0.3) is 10.8 Å². The largest absolute Gasteiger partial charge is 0.417 e. The van der Waals surface area contributed by atoms with E-state index in [2.05, 4.69) is 4.98 Å². The van der Waals surface area contributed by atoms with Gasteiger partial charge in [0.05, 0.1) is 5.56 Å². The smallest absolute Gasteiger partial charge is 0.241 e. The number of nitrogens with zero attached hydrogens (tertiary/aromatic N) is 1. The molecule has 0 radical (unpaired) electrons. The monoisotopic (exact) mass is 245 g/mol. The van der Waals surface area contributed by atoms with E-state index in [1.165, 1.54) is 6.07 Å². The molecule has 5 heteroatoms. The third kappa shape index (κ3) is 1.85. The van der Waals surface area contributed by atoms with Gasteiger partial charge in [-0.3, -0.25) is 0 Å². The lowest BCUT2D eigenvalue weighted by Crippen LogP contribution is -2.06. The van der Waals surface area contributed by atoms with Crippen molar-refractivity contribution < 1.29 is 13.2 Å². The van der Waals surface area contributed by atoms with Gasteiger partial charge in [0.25, 0.3) is 0 Å². The van der Waals surface area contributed by atoms with E-state index < -0.39 is 11.7 Å². The molecule has 1 heterocycles. The Morgan fingerprint density at radius 2 is 1.94 bits per heavy atom. The summed E-state index contributed by atoms with van der Waals surface area (Å²) in [5.41, 5.74) is -0.153. The van der Waals surface area contributed by atoms with Gasteiger partial charge in [-0.05, 0) is 24.4 Å². The molecule has 0 saturated heterocycles. The number of aromatic nitrogens is 1. The van der Waals surface area contributed by atoms with E-state index in [1.54, 1.807) is 19.1 Å². The molecule has 2 rings (SSSR count). The highest BCUT2D eigenvalue weighted by atomic mass is 35.5. The molecule has 0 unspecified atom stereocenters. The molecule has 0 bridgehead atoms. The van der Waals surface area contributed by atoms with Crippen molar-refractivity contribution in [1.29, 1.82) is 0 Å². The van der Waals surface area contributed by atoms with E-state index in [1.807, 2.05) is 0 Å². The summed E-state index contributed by atoms with van der Waals surface area (Å²) in [5, 5.41) is 0.303. The Bertz CT molecular complexity index is 549. The highest BCUT2D eigenvalue weighted by Crippen LogP contribution is 2.37. The van der Waals surface area contributed by atoms with Gasteiger partial charge in [-0.25, -0.2) is 4.98 Å². The van der Waals surface area contributed by atoms with Gasteiger partial charge in [0.1, 0.15) is 5.15 Å². The zero-order valence-corrected chi connectivity index (χ0v) is 9.02. The summed E-state index contributed by atoms with van der Waals surface area (Å²) >= 11 is 5.76. The molecule has 84 valence electrons. The fraction of sp³-hybridized carbons (Fsp3) is 0.182. The molecule has 0 aliphatic carbocycles. The van der Waals surface area contributed by atoms with E-state index in [4.69, 9.17) is 11.6 Å². The number of aryl methyl sites for hydroxylation is 1. The van der Waals surface area contributed by atoms with Gasteiger partial charge in [-0.15, -0.1) is 0 Å². The lowest BCUT2D eigenvalue weighted by Gasteiger charge is -2.11. The van der Waals surface area contributed by atoms with E-state index in [9.17, 15) is 13.2 Å². The van der Waals surface area contributed by atoms with Crippen molar-refractivity contribution in [2.45, 2.75) is 13.1 Å². The topological polar surface area (TPSA) is 12.9 Å². The number of halogens is 4.